The van der Waals surface area contributed by atoms with E-state index in [9.17, 15) is 0 Å². The molecule has 0 saturated carbocycles. The first kappa shape index (κ1) is 11.4. The van der Waals surface area contributed by atoms with Gasteiger partial charge in [-0.2, -0.15) is 0 Å². The maximum Gasteiger partial charge on any atom is 0.186 e. The fraction of sp³-hybridized carbons (Fsp3) is 0.700. The van der Waals surface area contributed by atoms with Crippen molar-refractivity contribution in [2.45, 2.75) is 18.6 Å². The third-order valence-corrected chi connectivity index (χ3v) is 2.90. The van der Waals surface area contributed by atoms with Crippen LogP contribution in [-0.4, -0.2) is 38.4 Å². The van der Waals surface area contributed by atoms with E-state index in [0.29, 0.717) is 18.9 Å². The molecule has 6 N–H and O–H groups in total. The molecule has 0 amide bonds. The van der Waals surface area contributed by atoms with E-state index in [1.807, 2.05) is 0 Å². The fourth-order valence-electron chi connectivity index (χ4n) is 2.02. The molecule has 0 aromatic carbocycles. The molecule has 1 atom stereocenters. The van der Waals surface area contributed by atoms with Gasteiger partial charge in [-0.05, 0) is 0 Å². The Bertz CT molecular complexity index is 338. The SMILES string of the molecule is COCCC1(N)N=C(N)C2=C(CCNC2)N1. The van der Waals surface area contributed by atoms with Crippen molar-refractivity contribution < 1.29 is 4.74 Å². The van der Waals surface area contributed by atoms with Crippen molar-refractivity contribution in [2.24, 2.45) is 16.5 Å². The lowest BCUT2D eigenvalue weighted by molar-refractivity contribution is 0.160. The van der Waals surface area contributed by atoms with Crippen LogP contribution in [0.4, 0.5) is 0 Å². The Labute approximate surface area is 95.1 Å². The molecule has 16 heavy (non-hydrogen) atoms. The Hall–Kier alpha value is -1.11. The van der Waals surface area contributed by atoms with Crippen LogP contribution in [0.15, 0.2) is 16.3 Å². The normalized spacial score (nSPS) is 29.5. The van der Waals surface area contributed by atoms with Crippen molar-refractivity contribution in [3.05, 3.63) is 11.3 Å². The first-order valence-electron chi connectivity index (χ1n) is 5.49. The van der Waals surface area contributed by atoms with Gasteiger partial charge in [-0.1, -0.05) is 0 Å². The van der Waals surface area contributed by atoms with Gasteiger partial charge in [0.1, 0.15) is 5.84 Å². The van der Waals surface area contributed by atoms with E-state index in [4.69, 9.17) is 16.2 Å². The minimum absolute atomic E-state index is 0.541. The second-order valence-corrected chi connectivity index (χ2v) is 4.17. The highest BCUT2D eigenvalue weighted by molar-refractivity contribution is 5.99. The zero-order chi connectivity index (χ0) is 11.6. The van der Waals surface area contributed by atoms with Crippen LogP contribution in [0.5, 0.6) is 0 Å². The van der Waals surface area contributed by atoms with E-state index in [1.54, 1.807) is 7.11 Å². The smallest absolute Gasteiger partial charge is 0.186 e. The van der Waals surface area contributed by atoms with E-state index >= 15 is 0 Å². The number of aliphatic imine (C=N–C) groups is 1. The van der Waals surface area contributed by atoms with Gasteiger partial charge in [0, 0.05) is 44.3 Å². The van der Waals surface area contributed by atoms with E-state index in [2.05, 4.69) is 15.6 Å². The summed E-state index contributed by atoms with van der Waals surface area (Å²) in [7, 11) is 1.65. The Morgan fingerprint density at radius 2 is 2.38 bits per heavy atom. The second kappa shape index (κ2) is 4.40. The number of amidine groups is 1. The van der Waals surface area contributed by atoms with Crippen LogP contribution in [0.25, 0.3) is 0 Å². The molecule has 2 heterocycles. The minimum Gasteiger partial charge on any atom is -0.384 e. The molecule has 0 radical (unpaired) electrons. The van der Waals surface area contributed by atoms with Crippen molar-refractivity contribution in [1.82, 2.24) is 10.6 Å². The largest absolute Gasteiger partial charge is 0.384 e. The van der Waals surface area contributed by atoms with Gasteiger partial charge in [0.2, 0.25) is 0 Å². The number of nitrogens with zero attached hydrogens (tertiary/aromatic N) is 1. The molecule has 2 rings (SSSR count). The van der Waals surface area contributed by atoms with Gasteiger partial charge in [-0.25, -0.2) is 4.99 Å². The summed E-state index contributed by atoms with van der Waals surface area (Å²) in [4.78, 5) is 4.32. The number of hydrogen-bond donors (Lipinski definition) is 4. The Morgan fingerprint density at radius 1 is 1.56 bits per heavy atom. The maximum absolute atomic E-state index is 6.13. The lowest BCUT2D eigenvalue weighted by Crippen LogP contribution is -2.57. The number of hydrogen-bond acceptors (Lipinski definition) is 6. The third-order valence-electron chi connectivity index (χ3n) is 2.90. The fourth-order valence-corrected chi connectivity index (χ4v) is 2.02. The number of methoxy groups -OCH3 is 1. The number of ether oxygens (including phenoxy) is 1. The minimum atomic E-state index is -0.809. The molecule has 2 aliphatic rings. The van der Waals surface area contributed by atoms with Gasteiger partial charge in [-0.3, -0.25) is 5.73 Å². The van der Waals surface area contributed by atoms with Crippen LogP contribution in [0.3, 0.4) is 0 Å². The summed E-state index contributed by atoms with van der Waals surface area (Å²) >= 11 is 0. The summed E-state index contributed by atoms with van der Waals surface area (Å²) in [5.41, 5.74) is 14.2. The average molecular weight is 225 g/mol. The summed E-state index contributed by atoms with van der Waals surface area (Å²) in [6, 6.07) is 0. The number of nitrogens with one attached hydrogen (secondary N) is 2. The van der Waals surface area contributed by atoms with E-state index < -0.39 is 5.79 Å². The predicted molar refractivity (Wildman–Crippen MR) is 62.7 cm³/mol. The van der Waals surface area contributed by atoms with Gasteiger partial charge < -0.3 is 21.1 Å². The molecule has 6 heteroatoms. The molecule has 0 bridgehead atoms. The van der Waals surface area contributed by atoms with Crippen molar-refractivity contribution >= 4 is 5.84 Å². The molecule has 0 aromatic rings. The molecule has 6 nitrogen and oxygen atoms in total. The predicted octanol–water partition coefficient (Wildman–Crippen LogP) is -1.16. The van der Waals surface area contributed by atoms with Crippen molar-refractivity contribution in [1.29, 1.82) is 0 Å². The lowest BCUT2D eigenvalue weighted by atomic mass is 10.0. The van der Waals surface area contributed by atoms with Crippen LogP contribution >= 0.6 is 0 Å². The first-order valence-corrected chi connectivity index (χ1v) is 5.49. The molecule has 0 fully saturated rings. The van der Waals surface area contributed by atoms with Gasteiger partial charge in [0.05, 0.1) is 6.61 Å². The van der Waals surface area contributed by atoms with Crippen molar-refractivity contribution in [2.75, 3.05) is 26.8 Å². The molecule has 0 aliphatic carbocycles. The summed E-state index contributed by atoms with van der Waals surface area (Å²) in [6.45, 7) is 2.26. The van der Waals surface area contributed by atoms with Crippen LogP contribution in [0.2, 0.25) is 0 Å². The molecule has 2 aliphatic heterocycles. The molecular weight excluding hydrogens is 206 g/mol. The summed E-state index contributed by atoms with van der Waals surface area (Å²) in [5, 5.41) is 6.53. The number of nitrogens with two attached hydrogens (primary N) is 2. The molecule has 0 saturated heterocycles. The van der Waals surface area contributed by atoms with E-state index in [1.165, 1.54) is 0 Å². The molecule has 0 aromatic heterocycles. The highest BCUT2D eigenvalue weighted by atomic mass is 16.5. The number of rotatable bonds is 3. The third kappa shape index (κ3) is 2.18. The van der Waals surface area contributed by atoms with E-state index in [-0.39, 0.29) is 0 Å². The Balaban J connectivity index is 2.15. The Morgan fingerprint density at radius 3 is 3.12 bits per heavy atom. The molecule has 90 valence electrons. The average Bonchev–Trinajstić information content (AvgIpc) is 2.26. The molecule has 0 spiro atoms. The van der Waals surface area contributed by atoms with Crippen LogP contribution in [0, 0.1) is 0 Å². The van der Waals surface area contributed by atoms with Gasteiger partial charge >= 0.3 is 0 Å². The first-order chi connectivity index (χ1) is 7.64. The standard InChI is InChI=1S/C10H19N5O/c1-16-5-3-10(12)14-8-2-4-13-6-7(8)9(11)15-10/h13-14H,2-6,12H2,1H3,(H2,11,15). The van der Waals surface area contributed by atoms with Gasteiger partial charge in [0.15, 0.2) is 5.79 Å². The zero-order valence-corrected chi connectivity index (χ0v) is 9.55. The van der Waals surface area contributed by atoms with E-state index in [0.717, 1.165) is 30.8 Å². The molecule has 1 unspecified atom stereocenters. The van der Waals surface area contributed by atoms with Gasteiger partial charge in [0.25, 0.3) is 0 Å². The topological polar surface area (TPSA) is 97.7 Å². The lowest BCUT2D eigenvalue weighted by Gasteiger charge is -2.36. The van der Waals surface area contributed by atoms with Crippen LogP contribution in [0.1, 0.15) is 12.8 Å². The van der Waals surface area contributed by atoms with Crippen LogP contribution in [-0.2, 0) is 4.74 Å². The van der Waals surface area contributed by atoms with Crippen molar-refractivity contribution in [3.8, 4) is 0 Å². The van der Waals surface area contributed by atoms with Crippen molar-refractivity contribution in [3.63, 3.8) is 0 Å². The zero-order valence-electron chi connectivity index (χ0n) is 9.55. The second-order valence-electron chi connectivity index (χ2n) is 4.17. The Kier molecular flexibility index (Phi) is 3.13. The van der Waals surface area contributed by atoms with Gasteiger partial charge in [-0.15, -0.1) is 0 Å². The quantitative estimate of drug-likeness (QED) is 0.486. The monoisotopic (exact) mass is 225 g/mol. The van der Waals surface area contributed by atoms with Crippen LogP contribution < -0.4 is 22.1 Å². The maximum atomic E-state index is 6.13. The highest BCUT2D eigenvalue weighted by Gasteiger charge is 2.32. The highest BCUT2D eigenvalue weighted by Crippen LogP contribution is 2.20. The summed E-state index contributed by atoms with van der Waals surface area (Å²) in [6.07, 6.45) is 1.52. The molecular formula is C10H19N5O. The summed E-state index contributed by atoms with van der Waals surface area (Å²) < 4.78 is 5.02. The summed E-state index contributed by atoms with van der Waals surface area (Å²) in [5.74, 6) is -0.268.